The Bertz CT molecular complexity index is 3200. The lowest BCUT2D eigenvalue weighted by Gasteiger charge is -2.19. The van der Waals surface area contributed by atoms with Crippen LogP contribution in [0, 0.1) is 0 Å². The zero-order valence-corrected chi connectivity index (χ0v) is 29.2. The van der Waals surface area contributed by atoms with E-state index < -0.39 is 0 Å². The Kier molecular flexibility index (Phi) is 5.86. The van der Waals surface area contributed by atoms with Crippen LogP contribution in [0.15, 0.2) is 164 Å². The molecular formula is C49H32N2S. The van der Waals surface area contributed by atoms with Gasteiger partial charge in [-0.2, -0.15) is 0 Å². The van der Waals surface area contributed by atoms with Crippen LogP contribution in [-0.2, 0) is 6.42 Å². The van der Waals surface area contributed by atoms with Crippen molar-refractivity contribution in [1.29, 1.82) is 0 Å². The lowest BCUT2D eigenvalue weighted by atomic mass is 9.94. The Morgan fingerprint density at radius 1 is 0.519 bits per heavy atom. The van der Waals surface area contributed by atoms with Crippen molar-refractivity contribution in [2.24, 2.45) is 0 Å². The molecule has 0 fully saturated rings. The number of hydrogen-bond donors (Lipinski definition) is 0. The number of aromatic nitrogens is 2. The first-order chi connectivity index (χ1) is 25.8. The zero-order chi connectivity index (χ0) is 33.9. The van der Waals surface area contributed by atoms with Crippen molar-refractivity contribution < 1.29 is 0 Å². The molecule has 3 heterocycles. The quantitative estimate of drug-likeness (QED) is 0.176. The van der Waals surface area contributed by atoms with E-state index in [0.717, 1.165) is 12.8 Å². The molecule has 10 aromatic rings. The maximum Gasteiger partial charge on any atom is 0.0785 e. The van der Waals surface area contributed by atoms with Crippen LogP contribution in [0.2, 0.25) is 0 Å². The fourth-order valence-electron chi connectivity index (χ4n) is 9.41. The first-order valence-corrected chi connectivity index (χ1v) is 19.1. The molecule has 2 nitrogen and oxygen atoms in total. The Hall–Kier alpha value is -6.16. The first-order valence-electron chi connectivity index (χ1n) is 18.3. The Morgan fingerprint density at radius 2 is 1.21 bits per heavy atom. The van der Waals surface area contributed by atoms with Gasteiger partial charge >= 0.3 is 0 Å². The number of fused-ring (bicyclic) bond motifs is 13. The molecule has 244 valence electrons. The van der Waals surface area contributed by atoms with Gasteiger partial charge in [0.1, 0.15) is 0 Å². The summed E-state index contributed by atoms with van der Waals surface area (Å²) in [6.45, 7) is 0. The number of allylic oxidation sites excluding steroid dienone is 4. The molecule has 1 unspecified atom stereocenters. The summed E-state index contributed by atoms with van der Waals surface area (Å²) >= 11 is 1.91. The third-order valence-corrected chi connectivity index (χ3v) is 12.8. The minimum atomic E-state index is 0.253. The number of benzene rings is 7. The summed E-state index contributed by atoms with van der Waals surface area (Å²) in [6.07, 6.45) is 11.0. The Balaban J connectivity index is 1.09. The fraction of sp³-hybridized carbons (Fsp3) is 0.0612. The van der Waals surface area contributed by atoms with Crippen molar-refractivity contribution in [3.05, 3.63) is 175 Å². The average molecular weight is 681 g/mol. The molecule has 52 heavy (non-hydrogen) atoms. The van der Waals surface area contributed by atoms with E-state index in [9.17, 15) is 0 Å². The van der Waals surface area contributed by atoms with E-state index in [0.29, 0.717) is 0 Å². The summed E-state index contributed by atoms with van der Waals surface area (Å²) in [4.78, 5) is 0. The van der Waals surface area contributed by atoms with Gasteiger partial charge in [-0.15, -0.1) is 11.3 Å². The molecule has 0 amide bonds. The highest BCUT2D eigenvalue weighted by Crippen LogP contribution is 2.46. The van der Waals surface area contributed by atoms with Crippen LogP contribution in [0.3, 0.4) is 0 Å². The number of thiophene rings is 1. The molecule has 0 N–H and O–H groups in total. The van der Waals surface area contributed by atoms with Gasteiger partial charge in [0.2, 0.25) is 0 Å². The predicted octanol–water partition coefficient (Wildman–Crippen LogP) is 13.6. The monoisotopic (exact) mass is 680 g/mol. The molecular weight excluding hydrogens is 649 g/mol. The van der Waals surface area contributed by atoms with Gasteiger partial charge in [0.15, 0.2) is 0 Å². The van der Waals surface area contributed by atoms with Gasteiger partial charge in [0, 0.05) is 52.9 Å². The number of hydrogen-bond acceptors (Lipinski definition) is 1. The third-order valence-electron chi connectivity index (χ3n) is 11.6. The Morgan fingerprint density at radius 3 is 2.08 bits per heavy atom. The molecule has 0 spiro atoms. The molecule has 0 saturated carbocycles. The number of rotatable bonds is 3. The second-order valence-corrected chi connectivity index (χ2v) is 15.5. The molecule has 0 radical (unpaired) electrons. The predicted molar refractivity (Wildman–Crippen MR) is 222 cm³/mol. The van der Waals surface area contributed by atoms with Crippen molar-refractivity contribution in [2.45, 2.75) is 18.9 Å². The van der Waals surface area contributed by atoms with Crippen molar-refractivity contribution in [2.75, 3.05) is 0 Å². The number of para-hydroxylation sites is 2. The van der Waals surface area contributed by atoms with Crippen LogP contribution in [0.5, 0.6) is 0 Å². The van der Waals surface area contributed by atoms with E-state index >= 15 is 0 Å². The van der Waals surface area contributed by atoms with Gasteiger partial charge in [-0.1, -0.05) is 133 Å². The van der Waals surface area contributed by atoms with Crippen LogP contribution in [0.4, 0.5) is 0 Å². The summed E-state index contributed by atoms with van der Waals surface area (Å²) < 4.78 is 7.77. The fourth-order valence-corrected chi connectivity index (χ4v) is 10.6. The molecule has 0 saturated heterocycles. The maximum absolute atomic E-state index is 2.60. The van der Waals surface area contributed by atoms with Gasteiger partial charge < -0.3 is 9.13 Å². The van der Waals surface area contributed by atoms with Crippen LogP contribution in [-0.4, -0.2) is 9.13 Å². The largest absolute Gasteiger partial charge is 0.331 e. The molecule has 0 aliphatic heterocycles. The van der Waals surface area contributed by atoms with Gasteiger partial charge in [-0.3, -0.25) is 0 Å². The highest BCUT2D eigenvalue weighted by molar-refractivity contribution is 7.25. The van der Waals surface area contributed by atoms with E-state index in [1.807, 2.05) is 11.3 Å². The highest BCUT2D eigenvalue weighted by Gasteiger charge is 2.24. The van der Waals surface area contributed by atoms with E-state index in [1.54, 1.807) is 0 Å². The minimum Gasteiger partial charge on any atom is -0.331 e. The lowest BCUT2D eigenvalue weighted by Crippen LogP contribution is -2.07. The third kappa shape index (κ3) is 3.89. The van der Waals surface area contributed by atoms with Crippen LogP contribution in [0.1, 0.15) is 23.6 Å². The number of nitrogens with zero attached hydrogens (tertiary/aromatic N) is 2. The van der Waals surface area contributed by atoms with Crippen LogP contribution >= 0.6 is 11.3 Å². The summed E-state index contributed by atoms with van der Waals surface area (Å²) in [7, 11) is 0. The lowest BCUT2D eigenvalue weighted by molar-refractivity contribution is 0.648. The highest BCUT2D eigenvalue weighted by atomic mass is 32.1. The molecule has 7 aromatic carbocycles. The smallest absolute Gasteiger partial charge is 0.0785 e. The van der Waals surface area contributed by atoms with Crippen molar-refractivity contribution in [3.8, 4) is 27.9 Å². The van der Waals surface area contributed by atoms with Gasteiger partial charge in [-0.25, -0.2) is 0 Å². The van der Waals surface area contributed by atoms with Gasteiger partial charge in [-0.05, 0) is 76.6 Å². The van der Waals surface area contributed by atoms with Crippen molar-refractivity contribution >= 4 is 75.1 Å². The van der Waals surface area contributed by atoms with Gasteiger partial charge in [0.25, 0.3) is 0 Å². The zero-order valence-electron chi connectivity index (χ0n) is 28.4. The topological polar surface area (TPSA) is 9.86 Å². The van der Waals surface area contributed by atoms with E-state index in [-0.39, 0.29) is 6.04 Å². The average Bonchev–Trinajstić information content (AvgIpc) is 3.95. The van der Waals surface area contributed by atoms with Crippen molar-refractivity contribution in [3.63, 3.8) is 0 Å². The standard InChI is InChI=1S/C49H32N2S/c1-2-13-33(14-3-1)50-43-19-8-6-16-37(43)41-25-26-42-38-17-7-9-20-44(38)51(49(42)48(41)50)34-22-24-40-39-23-21-31(28-45(39)52-46(40)29-34)36-18-10-12-32-27-30-11-4-5-15-35(30)47(32)36/h1-13,15-26,28-29,33H,14,27H2. The first kappa shape index (κ1) is 28.5. The minimum absolute atomic E-state index is 0.253. The molecule has 2 aliphatic carbocycles. The summed E-state index contributed by atoms with van der Waals surface area (Å²) in [6, 6.07) is 52.7. The SMILES string of the molecule is C1=CCC(n2c3ccccc3c3ccc4c5ccccc5n(-c5ccc6c(c5)sc5cc(-c7cccc8c7-c7ccccc7C8)ccc56)c4c32)C=C1. The van der Waals surface area contributed by atoms with Crippen LogP contribution < -0.4 is 0 Å². The summed E-state index contributed by atoms with van der Waals surface area (Å²) in [5, 5.41) is 7.83. The molecule has 1 atom stereocenters. The summed E-state index contributed by atoms with van der Waals surface area (Å²) in [5.74, 6) is 0. The second-order valence-electron chi connectivity index (χ2n) is 14.4. The Labute approximate surface area is 304 Å². The van der Waals surface area contributed by atoms with Crippen molar-refractivity contribution in [1.82, 2.24) is 9.13 Å². The molecule has 12 rings (SSSR count). The molecule has 0 bridgehead atoms. The summed E-state index contributed by atoms with van der Waals surface area (Å²) in [5.41, 5.74) is 14.6. The van der Waals surface area contributed by atoms with E-state index in [2.05, 4.69) is 173 Å². The normalized spacial score (nSPS) is 15.2. The molecule has 2 aliphatic rings. The van der Waals surface area contributed by atoms with E-state index in [4.69, 9.17) is 0 Å². The van der Waals surface area contributed by atoms with Crippen LogP contribution in [0.25, 0.3) is 91.7 Å². The second kappa shape index (κ2) is 10.7. The van der Waals surface area contributed by atoms with Gasteiger partial charge in [0.05, 0.1) is 22.6 Å². The molecule has 3 aromatic heterocycles. The van der Waals surface area contributed by atoms with E-state index in [1.165, 1.54) is 103 Å². The maximum atomic E-state index is 2.60. The molecule has 3 heteroatoms.